The second kappa shape index (κ2) is 5.37. The Labute approximate surface area is 99.0 Å². The van der Waals surface area contributed by atoms with E-state index < -0.39 is 12.0 Å². The summed E-state index contributed by atoms with van der Waals surface area (Å²) in [5.74, 6) is -0.551. The molecular formula is C11H11Cl2NO. The van der Waals surface area contributed by atoms with Gasteiger partial charge in [0, 0.05) is 0 Å². The number of aliphatic hydroxyl groups is 1. The number of nitriles is 1. The molecule has 0 amide bonds. The van der Waals surface area contributed by atoms with Crippen molar-refractivity contribution in [3.63, 3.8) is 0 Å². The van der Waals surface area contributed by atoms with Crippen molar-refractivity contribution in [3.05, 3.63) is 33.8 Å². The summed E-state index contributed by atoms with van der Waals surface area (Å²) in [5, 5.41) is 19.4. The number of rotatable bonds is 3. The smallest absolute Gasteiger partial charge is 0.0972 e. The first-order valence-electron chi connectivity index (χ1n) is 4.62. The van der Waals surface area contributed by atoms with Gasteiger partial charge in [-0.1, -0.05) is 36.2 Å². The van der Waals surface area contributed by atoms with E-state index in [-0.39, 0.29) is 0 Å². The Morgan fingerprint density at radius 1 is 1.40 bits per heavy atom. The first-order valence-corrected chi connectivity index (χ1v) is 5.38. The zero-order valence-electron chi connectivity index (χ0n) is 8.24. The molecule has 4 heteroatoms. The van der Waals surface area contributed by atoms with Crippen LogP contribution in [0.25, 0.3) is 0 Å². The van der Waals surface area contributed by atoms with Gasteiger partial charge >= 0.3 is 0 Å². The van der Waals surface area contributed by atoms with Crippen LogP contribution < -0.4 is 0 Å². The number of nitrogens with zero attached hydrogens (tertiary/aromatic N) is 1. The van der Waals surface area contributed by atoms with Gasteiger partial charge in [-0.25, -0.2) is 0 Å². The Morgan fingerprint density at radius 2 is 2.07 bits per heavy atom. The molecule has 2 nitrogen and oxygen atoms in total. The molecule has 0 bridgehead atoms. The first-order chi connectivity index (χ1) is 7.10. The van der Waals surface area contributed by atoms with Crippen LogP contribution in [-0.2, 0) is 0 Å². The predicted octanol–water partition coefficient (Wildman–Crippen LogP) is 3.37. The van der Waals surface area contributed by atoms with Crippen LogP contribution in [0.5, 0.6) is 0 Å². The summed E-state index contributed by atoms with van der Waals surface area (Å²) in [6.07, 6.45) is -0.148. The van der Waals surface area contributed by atoms with E-state index in [4.69, 9.17) is 28.5 Å². The van der Waals surface area contributed by atoms with Crippen molar-refractivity contribution in [1.82, 2.24) is 0 Å². The number of benzene rings is 1. The molecule has 0 saturated carbocycles. The summed E-state index contributed by atoms with van der Waals surface area (Å²) in [7, 11) is 0. The monoisotopic (exact) mass is 243 g/mol. The zero-order chi connectivity index (χ0) is 11.4. The Kier molecular flexibility index (Phi) is 4.41. The summed E-state index contributed by atoms with van der Waals surface area (Å²) in [4.78, 5) is 0. The third kappa shape index (κ3) is 2.85. The van der Waals surface area contributed by atoms with E-state index in [0.29, 0.717) is 22.0 Å². The molecule has 0 aliphatic heterocycles. The lowest BCUT2D eigenvalue weighted by Crippen LogP contribution is -2.15. The van der Waals surface area contributed by atoms with Gasteiger partial charge in [0.05, 0.1) is 28.1 Å². The van der Waals surface area contributed by atoms with Crippen LogP contribution in [0, 0.1) is 11.3 Å². The fourth-order valence-electron chi connectivity index (χ4n) is 1.32. The quantitative estimate of drug-likeness (QED) is 0.885. The number of hydrogen-bond donors (Lipinski definition) is 1. The van der Waals surface area contributed by atoms with Crippen molar-refractivity contribution < 1.29 is 5.11 Å². The van der Waals surface area contributed by atoms with Crippen LogP contribution in [0.15, 0.2) is 18.2 Å². The van der Waals surface area contributed by atoms with Crippen molar-refractivity contribution in [3.8, 4) is 6.07 Å². The number of halogens is 2. The van der Waals surface area contributed by atoms with Crippen LogP contribution in [-0.4, -0.2) is 11.2 Å². The Bertz CT molecular complexity index is 387. The molecule has 1 aromatic carbocycles. The molecular weight excluding hydrogens is 233 g/mol. The van der Waals surface area contributed by atoms with E-state index in [1.165, 1.54) is 0 Å². The molecule has 0 radical (unpaired) electrons. The van der Waals surface area contributed by atoms with Gasteiger partial charge in [-0.2, -0.15) is 5.26 Å². The summed E-state index contributed by atoms with van der Waals surface area (Å²) in [6, 6.07) is 7.03. The van der Waals surface area contributed by atoms with Gasteiger partial charge in [0.25, 0.3) is 0 Å². The van der Waals surface area contributed by atoms with Crippen molar-refractivity contribution in [2.75, 3.05) is 0 Å². The number of aliphatic hydroxyl groups excluding tert-OH is 1. The molecule has 1 rings (SSSR count). The third-order valence-corrected chi connectivity index (χ3v) is 2.98. The predicted molar refractivity (Wildman–Crippen MR) is 61.1 cm³/mol. The third-order valence-electron chi connectivity index (χ3n) is 2.24. The molecule has 0 saturated heterocycles. The molecule has 0 aromatic heterocycles. The van der Waals surface area contributed by atoms with Crippen LogP contribution in [0.2, 0.25) is 10.0 Å². The zero-order valence-corrected chi connectivity index (χ0v) is 9.76. The molecule has 2 unspecified atom stereocenters. The highest BCUT2D eigenvalue weighted by Gasteiger charge is 2.19. The average Bonchev–Trinajstić information content (AvgIpc) is 2.24. The van der Waals surface area contributed by atoms with Gasteiger partial charge in [-0.3, -0.25) is 0 Å². The van der Waals surface area contributed by atoms with Crippen LogP contribution in [0.3, 0.4) is 0 Å². The van der Waals surface area contributed by atoms with Crippen molar-refractivity contribution >= 4 is 23.2 Å². The second-order valence-corrected chi connectivity index (χ2v) is 4.07. The molecule has 15 heavy (non-hydrogen) atoms. The van der Waals surface area contributed by atoms with E-state index in [1.54, 1.807) is 18.2 Å². The minimum atomic E-state index is -0.674. The Morgan fingerprint density at radius 3 is 2.53 bits per heavy atom. The number of hydrogen-bond acceptors (Lipinski definition) is 2. The second-order valence-electron chi connectivity index (χ2n) is 3.26. The summed E-state index contributed by atoms with van der Waals surface area (Å²) in [6.45, 7) is 1.83. The van der Waals surface area contributed by atoms with Gasteiger partial charge in [-0.15, -0.1) is 0 Å². The molecule has 0 spiro atoms. The average molecular weight is 244 g/mol. The van der Waals surface area contributed by atoms with Crippen LogP contribution >= 0.6 is 23.2 Å². The van der Waals surface area contributed by atoms with Gasteiger partial charge in [0.1, 0.15) is 0 Å². The van der Waals surface area contributed by atoms with Crippen LogP contribution in [0.4, 0.5) is 0 Å². The fourth-order valence-corrected chi connectivity index (χ4v) is 1.63. The van der Waals surface area contributed by atoms with Crippen molar-refractivity contribution in [1.29, 1.82) is 5.26 Å². The minimum absolute atomic E-state index is 0.401. The summed E-state index contributed by atoms with van der Waals surface area (Å²) in [5.41, 5.74) is 0.696. The Balaban J connectivity index is 3.04. The van der Waals surface area contributed by atoms with Gasteiger partial charge in [0.15, 0.2) is 0 Å². The fraction of sp³-hybridized carbons (Fsp3) is 0.364. The van der Waals surface area contributed by atoms with Crippen molar-refractivity contribution in [2.24, 2.45) is 0 Å². The molecule has 2 atom stereocenters. The molecule has 1 aromatic rings. The maximum Gasteiger partial charge on any atom is 0.0972 e. The topological polar surface area (TPSA) is 44.0 Å². The lowest BCUT2D eigenvalue weighted by atomic mass is 9.93. The maximum atomic E-state index is 9.63. The minimum Gasteiger partial charge on any atom is -0.391 e. The summed E-state index contributed by atoms with van der Waals surface area (Å²) >= 11 is 11.6. The van der Waals surface area contributed by atoms with E-state index >= 15 is 0 Å². The Hall–Kier alpha value is -0.750. The standard InChI is InChI=1S/C11H11Cl2NO/c1-2-11(15)8(6-14)7-3-4-9(12)10(13)5-7/h3-5,8,11,15H,2H2,1H3. The highest BCUT2D eigenvalue weighted by Crippen LogP contribution is 2.28. The lowest BCUT2D eigenvalue weighted by Gasteiger charge is -2.15. The SMILES string of the molecule is CCC(O)C(C#N)c1ccc(Cl)c(Cl)c1. The molecule has 0 aliphatic carbocycles. The first kappa shape index (κ1) is 12.3. The highest BCUT2D eigenvalue weighted by molar-refractivity contribution is 6.42. The molecule has 80 valence electrons. The molecule has 1 N–H and O–H groups in total. The van der Waals surface area contributed by atoms with Crippen LogP contribution in [0.1, 0.15) is 24.8 Å². The van der Waals surface area contributed by atoms with Crippen molar-refractivity contribution in [2.45, 2.75) is 25.4 Å². The normalized spacial score (nSPS) is 14.3. The van der Waals surface area contributed by atoms with E-state index in [9.17, 15) is 5.11 Å². The summed E-state index contributed by atoms with van der Waals surface area (Å²) < 4.78 is 0. The van der Waals surface area contributed by atoms with Gasteiger partial charge < -0.3 is 5.11 Å². The molecule has 0 fully saturated rings. The molecule has 0 aliphatic rings. The largest absolute Gasteiger partial charge is 0.391 e. The highest BCUT2D eigenvalue weighted by atomic mass is 35.5. The lowest BCUT2D eigenvalue weighted by molar-refractivity contribution is 0.157. The molecule has 0 heterocycles. The van der Waals surface area contributed by atoms with Gasteiger partial charge in [0.2, 0.25) is 0 Å². The maximum absolute atomic E-state index is 9.63. The van der Waals surface area contributed by atoms with E-state index in [1.807, 2.05) is 6.92 Å². The van der Waals surface area contributed by atoms with E-state index in [2.05, 4.69) is 6.07 Å². The van der Waals surface area contributed by atoms with Gasteiger partial charge in [-0.05, 0) is 24.1 Å². The van der Waals surface area contributed by atoms with E-state index in [0.717, 1.165) is 0 Å².